The molecule has 8 heteroatoms. The Balaban J connectivity index is 2.01. The minimum absolute atomic E-state index is 0.240. The molecule has 0 fully saturated rings. The van der Waals surface area contributed by atoms with E-state index in [1.165, 1.54) is 18.2 Å². The molecule has 0 heterocycles. The average Bonchev–Trinajstić information content (AvgIpc) is 2.67. The molecule has 5 nitrogen and oxygen atoms in total. The van der Waals surface area contributed by atoms with E-state index in [9.17, 15) is 18.0 Å². The number of alkyl halides is 3. The van der Waals surface area contributed by atoms with Gasteiger partial charge in [-0.25, -0.2) is 0 Å². The maximum Gasteiger partial charge on any atom is 0.573 e. The lowest BCUT2D eigenvalue weighted by Crippen LogP contribution is -2.30. The van der Waals surface area contributed by atoms with E-state index in [4.69, 9.17) is 0 Å². The quantitative estimate of drug-likeness (QED) is 0.554. The molecule has 0 bridgehead atoms. The van der Waals surface area contributed by atoms with E-state index in [2.05, 4.69) is 34.1 Å². The smallest absolute Gasteiger partial charge is 0.406 e. The van der Waals surface area contributed by atoms with Crippen LogP contribution in [0.5, 0.6) is 5.75 Å². The van der Waals surface area contributed by atoms with Crippen molar-refractivity contribution in [3.8, 4) is 5.75 Å². The Hall–Kier alpha value is -2.74. The number of carbonyl (C=O) groups excluding carboxylic acids is 1. The Bertz CT molecular complexity index is 793. The van der Waals surface area contributed by atoms with E-state index < -0.39 is 6.36 Å². The molecule has 0 aliphatic carbocycles. The topological polar surface area (TPSA) is 53.6 Å². The number of ether oxygens (including phenoxy) is 1. The summed E-state index contributed by atoms with van der Waals surface area (Å²) in [5, 5.41) is 5.88. The first-order valence-corrected chi connectivity index (χ1v) is 9.54. The maximum atomic E-state index is 12.6. The van der Waals surface area contributed by atoms with Crippen molar-refractivity contribution in [2.45, 2.75) is 26.6 Å². The van der Waals surface area contributed by atoms with Gasteiger partial charge in [-0.1, -0.05) is 32.0 Å². The molecule has 1 amide bonds. The summed E-state index contributed by atoms with van der Waals surface area (Å²) < 4.78 is 41.2. The largest absolute Gasteiger partial charge is 0.573 e. The van der Waals surface area contributed by atoms with Crippen LogP contribution >= 0.6 is 0 Å². The van der Waals surface area contributed by atoms with Crippen molar-refractivity contribution in [3.05, 3.63) is 54.1 Å². The van der Waals surface area contributed by atoms with E-state index in [-0.39, 0.29) is 11.7 Å². The fraction of sp³-hybridized carbons (Fsp3) is 0.381. The number of hydrogen-bond acceptors (Lipinski definition) is 4. The number of halogens is 3. The summed E-state index contributed by atoms with van der Waals surface area (Å²) in [7, 11) is 0. The molecule has 0 spiro atoms. The molecule has 0 aromatic heterocycles. The molecule has 2 rings (SSSR count). The van der Waals surface area contributed by atoms with E-state index in [1.54, 1.807) is 30.3 Å². The lowest BCUT2D eigenvalue weighted by molar-refractivity contribution is -0.274. The summed E-state index contributed by atoms with van der Waals surface area (Å²) in [5.74, 6) is -0.573. The highest BCUT2D eigenvalue weighted by Gasteiger charge is 2.31. The maximum absolute atomic E-state index is 12.6. The van der Waals surface area contributed by atoms with Gasteiger partial charge in [-0.3, -0.25) is 4.79 Å². The van der Waals surface area contributed by atoms with E-state index >= 15 is 0 Å². The van der Waals surface area contributed by atoms with Gasteiger partial charge in [0.1, 0.15) is 5.75 Å². The third-order valence-electron chi connectivity index (χ3n) is 4.35. The molecule has 2 N–H and O–H groups in total. The Morgan fingerprint density at radius 3 is 2.48 bits per heavy atom. The van der Waals surface area contributed by atoms with Crippen LogP contribution in [-0.4, -0.2) is 43.3 Å². The van der Waals surface area contributed by atoms with Crippen LogP contribution in [0.25, 0.3) is 0 Å². The molecule has 29 heavy (non-hydrogen) atoms. The number of amides is 1. The number of hydrogen-bond donors (Lipinski definition) is 2. The van der Waals surface area contributed by atoms with Crippen molar-refractivity contribution in [2.24, 2.45) is 0 Å². The highest BCUT2D eigenvalue weighted by Crippen LogP contribution is 2.27. The van der Waals surface area contributed by atoms with Crippen LogP contribution in [-0.2, 0) is 0 Å². The highest BCUT2D eigenvalue weighted by molar-refractivity contribution is 6.00. The lowest BCUT2D eigenvalue weighted by Gasteiger charge is -2.18. The zero-order valence-electron chi connectivity index (χ0n) is 16.6. The number of rotatable bonds is 10. The SMILES string of the molecule is CCN(CC)CCCNC(=O)c1ccccc1Nc1cccc(OC(F)(F)F)c1. The molecule has 2 aromatic carbocycles. The number of benzene rings is 2. The first kappa shape index (κ1) is 22.5. The van der Waals surface area contributed by atoms with Crippen molar-refractivity contribution < 1.29 is 22.7 Å². The van der Waals surface area contributed by atoms with Gasteiger partial charge >= 0.3 is 6.36 Å². The molecule has 0 aliphatic heterocycles. The summed E-state index contributed by atoms with van der Waals surface area (Å²) >= 11 is 0. The minimum atomic E-state index is -4.76. The first-order chi connectivity index (χ1) is 13.8. The molecule has 0 aliphatic rings. The van der Waals surface area contributed by atoms with Crippen LogP contribution < -0.4 is 15.4 Å². The van der Waals surface area contributed by atoms with Crippen LogP contribution in [0.1, 0.15) is 30.6 Å². The molecular formula is C21H26F3N3O2. The number of para-hydroxylation sites is 1. The van der Waals surface area contributed by atoms with Crippen LogP contribution in [0, 0.1) is 0 Å². The van der Waals surface area contributed by atoms with Crippen molar-refractivity contribution in [2.75, 3.05) is 31.5 Å². The van der Waals surface area contributed by atoms with E-state index in [0.29, 0.717) is 23.5 Å². The van der Waals surface area contributed by atoms with Crippen molar-refractivity contribution in [3.63, 3.8) is 0 Å². The van der Waals surface area contributed by atoms with Crippen molar-refractivity contribution >= 4 is 17.3 Å². The van der Waals surface area contributed by atoms with Crippen molar-refractivity contribution in [1.82, 2.24) is 10.2 Å². The van der Waals surface area contributed by atoms with Gasteiger partial charge in [0.25, 0.3) is 5.91 Å². The molecule has 0 saturated carbocycles. The van der Waals surface area contributed by atoms with Gasteiger partial charge < -0.3 is 20.3 Å². The van der Waals surface area contributed by atoms with E-state index in [1.807, 2.05) is 0 Å². The van der Waals surface area contributed by atoms with Crippen molar-refractivity contribution in [1.29, 1.82) is 0 Å². The first-order valence-electron chi connectivity index (χ1n) is 9.54. The van der Waals surface area contributed by atoms with Crippen LogP contribution in [0.2, 0.25) is 0 Å². The predicted molar refractivity (Wildman–Crippen MR) is 108 cm³/mol. The summed E-state index contributed by atoms with van der Waals surface area (Å²) in [5.41, 5.74) is 1.30. The Kier molecular flexibility index (Phi) is 8.33. The summed E-state index contributed by atoms with van der Waals surface area (Å²) in [4.78, 5) is 14.8. The fourth-order valence-corrected chi connectivity index (χ4v) is 2.86. The zero-order valence-corrected chi connectivity index (χ0v) is 16.6. The highest BCUT2D eigenvalue weighted by atomic mass is 19.4. The van der Waals surface area contributed by atoms with Gasteiger partial charge in [-0.2, -0.15) is 0 Å². The fourth-order valence-electron chi connectivity index (χ4n) is 2.86. The Labute approximate surface area is 168 Å². The molecule has 2 aromatic rings. The molecule has 0 radical (unpaired) electrons. The van der Waals surface area contributed by atoms with Crippen LogP contribution in [0.4, 0.5) is 24.5 Å². The second kappa shape index (κ2) is 10.7. The Morgan fingerprint density at radius 1 is 1.07 bits per heavy atom. The van der Waals surface area contributed by atoms with Gasteiger partial charge in [-0.05, 0) is 50.3 Å². The summed E-state index contributed by atoms with van der Waals surface area (Å²) in [6, 6.07) is 12.3. The molecular weight excluding hydrogens is 383 g/mol. The molecule has 158 valence electrons. The second-order valence-electron chi connectivity index (χ2n) is 6.38. The molecule has 0 unspecified atom stereocenters. The van der Waals surface area contributed by atoms with Gasteiger partial charge in [0.15, 0.2) is 0 Å². The molecule has 0 atom stereocenters. The number of carbonyl (C=O) groups is 1. The number of nitrogens with one attached hydrogen (secondary N) is 2. The standard InChI is InChI=1S/C21H26F3N3O2/c1-3-27(4-2)14-8-13-25-20(28)18-11-5-6-12-19(18)26-16-9-7-10-17(15-16)29-21(22,23)24/h5-7,9-12,15,26H,3-4,8,13-14H2,1-2H3,(H,25,28). The zero-order chi connectivity index (χ0) is 21.3. The average molecular weight is 409 g/mol. The summed E-state index contributed by atoms with van der Waals surface area (Å²) in [6.45, 7) is 7.57. The number of anilines is 2. The predicted octanol–water partition coefficient (Wildman–Crippen LogP) is 4.79. The Morgan fingerprint density at radius 2 is 1.79 bits per heavy atom. The second-order valence-corrected chi connectivity index (χ2v) is 6.38. The third kappa shape index (κ3) is 7.65. The van der Waals surface area contributed by atoms with Gasteiger partial charge in [0, 0.05) is 18.3 Å². The monoisotopic (exact) mass is 409 g/mol. The number of nitrogens with zero attached hydrogens (tertiary/aromatic N) is 1. The van der Waals surface area contributed by atoms with Crippen LogP contribution in [0.15, 0.2) is 48.5 Å². The van der Waals surface area contributed by atoms with Gasteiger partial charge in [0.05, 0.1) is 11.3 Å². The summed E-state index contributed by atoms with van der Waals surface area (Å²) in [6.07, 6.45) is -3.93. The minimum Gasteiger partial charge on any atom is -0.406 e. The van der Waals surface area contributed by atoms with Crippen LogP contribution in [0.3, 0.4) is 0 Å². The van der Waals surface area contributed by atoms with Gasteiger partial charge in [0.2, 0.25) is 0 Å². The lowest BCUT2D eigenvalue weighted by atomic mass is 10.1. The molecule has 0 saturated heterocycles. The normalized spacial score (nSPS) is 11.4. The third-order valence-corrected chi connectivity index (χ3v) is 4.35. The van der Waals surface area contributed by atoms with E-state index in [0.717, 1.165) is 26.1 Å². The van der Waals surface area contributed by atoms with Gasteiger partial charge in [-0.15, -0.1) is 13.2 Å².